The molecule has 1 N–H and O–H groups in total. The molecule has 1 atom stereocenters. The average molecular weight is 473 g/mol. The number of rotatable bonds is 8. The van der Waals surface area contributed by atoms with Gasteiger partial charge in [-0.1, -0.05) is 13.8 Å². The van der Waals surface area contributed by atoms with Gasteiger partial charge in [0.2, 0.25) is 5.43 Å². The van der Waals surface area contributed by atoms with Crippen LogP contribution in [0.2, 0.25) is 0 Å². The van der Waals surface area contributed by atoms with Crippen LogP contribution in [0.25, 0.3) is 10.9 Å². The zero-order valence-electron chi connectivity index (χ0n) is 20.1. The zero-order chi connectivity index (χ0) is 24.4. The number of pyridine rings is 1. The van der Waals surface area contributed by atoms with Gasteiger partial charge < -0.3 is 24.4 Å². The van der Waals surface area contributed by atoms with Crippen LogP contribution in [0.15, 0.2) is 23.1 Å². The Kier molecular flexibility index (Phi) is 7.21. The van der Waals surface area contributed by atoms with Gasteiger partial charge in [0.15, 0.2) is 6.61 Å². The fraction of sp³-hybridized carbons (Fsp3) is 0.560. The van der Waals surface area contributed by atoms with E-state index in [1.165, 1.54) is 12.3 Å². The monoisotopic (exact) mass is 472 g/mol. The second kappa shape index (κ2) is 10.1. The van der Waals surface area contributed by atoms with Gasteiger partial charge in [-0.2, -0.15) is 0 Å². The SMILES string of the molecule is CCC(C)NC(=O)COC(=O)c1cn(C2CC2)c2cc(N3CCN(CC)CC3)c(F)cc2c1=O. The van der Waals surface area contributed by atoms with E-state index in [0.29, 0.717) is 24.3 Å². The van der Waals surface area contributed by atoms with Crippen LogP contribution in [0.3, 0.4) is 0 Å². The number of fused-ring (bicyclic) bond motifs is 1. The van der Waals surface area contributed by atoms with E-state index in [0.717, 1.165) is 38.9 Å². The quantitative estimate of drug-likeness (QED) is 0.595. The number of likely N-dealkylation sites (N-methyl/N-ethyl adjacent to an activating group) is 1. The number of nitrogens with zero attached hydrogens (tertiary/aromatic N) is 3. The van der Waals surface area contributed by atoms with Crippen molar-refractivity contribution in [1.29, 1.82) is 0 Å². The van der Waals surface area contributed by atoms with E-state index in [1.807, 2.05) is 23.3 Å². The van der Waals surface area contributed by atoms with E-state index in [-0.39, 0.29) is 23.0 Å². The van der Waals surface area contributed by atoms with Crippen LogP contribution in [-0.4, -0.2) is 66.7 Å². The summed E-state index contributed by atoms with van der Waals surface area (Å²) in [4.78, 5) is 42.2. The van der Waals surface area contributed by atoms with E-state index < -0.39 is 29.7 Å². The van der Waals surface area contributed by atoms with E-state index in [4.69, 9.17) is 4.74 Å². The first kappa shape index (κ1) is 24.2. The summed E-state index contributed by atoms with van der Waals surface area (Å²) >= 11 is 0. The molecule has 1 aromatic heterocycles. The van der Waals surface area contributed by atoms with Crippen molar-refractivity contribution in [2.45, 2.75) is 52.1 Å². The lowest BCUT2D eigenvalue weighted by Crippen LogP contribution is -2.46. The Labute approximate surface area is 198 Å². The van der Waals surface area contributed by atoms with E-state index in [1.54, 1.807) is 6.07 Å². The van der Waals surface area contributed by atoms with E-state index >= 15 is 4.39 Å². The Balaban J connectivity index is 1.63. The maximum atomic E-state index is 15.2. The molecule has 1 aliphatic heterocycles. The third kappa shape index (κ3) is 5.09. The number of carbonyl (C=O) groups is 2. The molecule has 1 amide bonds. The summed E-state index contributed by atoms with van der Waals surface area (Å²) in [5, 5.41) is 2.87. The number of anilines is 1. The molecule has 2 aromatic rings. The van der Waals surface area contributed by atoms with Crippen molar-refractivity contribution in [3.8, 4) is 0 Å². The number of esters is 1. The molecule has 2 aliphatic rings. The molecule has 0 bridgehead atoms. The van der Waals surface area contributed by atoms with Crippen LogP contribution < -0.4 is 15.6 Å². The molecule has 0 spiro atoms. The molecule has 8 nitrogen and oxygen atoms in total. The molecular weight excluding hydrogens is 439 g/mol. The molecule has 0 radical (unpaired) electrons. The molecule has 184 valence electrons. The molecule has 1 aliphatic carbocycles. The van der Waals surface area contributed by atoms with E-state index in [9.17, 15) is 14.4 Å². The standard InChI is InChI=1S/C25H33FN4O4/c1-4-16(3)27-23(31)15-34-25(33)19-14-30(17-6-7-17)21-13-22(20(26)12-18(21)24(19)32)29-10-8-28(5-2)9-11-29/h12-14,16-17H,4-11,15H2,1-3H3,(H,27,31). The normalized spacial score (nSPS) is 17.6. The highest BCUT2D eigenvalue weighted by atomic mass is 19.1. The molecule has 1 aromatic carbocycles. The number of hydrogen-bond donors (Lipinski definition) is 1. The topological polar surface area (TPSA) is 83.9 Å². The maximum Gasteiger partial charge on any atom is 0.344 e. The lowest BCUT2D eigenvalue weighted by atomic mass is 10.1. The molecule has 9 heteroatoms. The molecule has 1 unspecified atom stereocenters. The van der Waals surface area contributed by atoms with Gasteiger partial charge >= 0.3 is 5.97 Å². The van der Waals surface area contributed by atoms with Crippen LogP contribution in [-0.2, 0) is 9.53 Å². The lowest BCUT2D eigenvalue weighted by molar-refractivity contribution is -0.124. The highest BCUT2D eigenvalue weighted by molar-refractivity contribution is 5.95. The number of nitrogens with one attached hydrogen (secondary N) is 1. The Bertz CT molecular complexity index is 1140. The molecule has 4 rings (SSSR count). The minimum atomic E-state index is -0.874. The van der Waals surface area contributed by atoms with Crippen LogP contribution in [0, 0.1) is 5.82 Å². The van der Waals surface area contributed by atoms with Gasteiger partial charge in [0, 0.05) is 49.8 Å². The van der Waals surface area contributed by atoms with Gasteiger partial charge in [0.05, 0.1) is 11.2 Å². The Morgan fingerprint density at radius 2 is 1.88 bits per heavy atom. The van der Waals surface area contributed by atoms with Gasteiger partial charge in [-0.25, -0.2) is 9.18 Å². The predicted octanol–water partition coefficient (Wildman–Crippen LogP) is 2.69. The minimum absolute atomic E-state index is 0.0407. The smallest absolute Gasteiger partial charge is 0.344 e. The van der Waals surface area contributed by atoms with Crippen molar-refractivity contribution in [1.82, 2.24) is 14.8 Å². The molecule has 34 heavy (non-hydrogen) atoms. The summed E-state index contributed by atoms with van der Waals surface area (Å²) in [7, 11) is 0. The number of piperazine rings is 1. The second-order valence-electron chi connectivity index (χ2n) is 9.21. The first-order chi connectivity index (χ1) is 16.3. The predicted molar refractivity (Wildman–Crippen MR) is 129 cm³/mol. The van der Waals surface area contributed by atoms with Crippen LogP contribution >= 0.6 is 0 Å². The van der Waals surface area contributed by atoms with Crippen LogP contribution in [0.4, 0.5) is 10.1 Å². The number of amides is 1. The summed E-state index contributed by atoms with van der Waals surface area (Å²) in [6, 6.07) is 3.09. The van der Waals surface area contributed by atoms with Gasteiger partial charge in [0.25, 0.3) is 5.91 Å². The Hall–Kier alpha value is -2.94. The summed E-state index contributed by atoms with van der Waals surface area (Å²) in [6.45, 7) is 9.54. The number of aromatic nitrogens is 1. The van der Waals surface area contributed by atoms with Gasteiger partial charge in [0.1, 0.15) is 11.4 Å². The van der Waals surface area contributed by atoms with Crippen molar-refractivity contribution < 1.29 is 18.7 Å². The Morgan fingerprint density at radius 1 is 1.18 bits per heavy atom. The number of benzene rings is 1. The molecular formula is C25H33FN4O4. The van der Waals surface area contributed by atoms with Gasteiger partial charge in [-0.05, 0) is 44.9 Å². The summed E-state index contributed by atoms with van der Waals surface area (Å²) < 4.78 is 22.2. The third-order valence-electron chi connectivity index (χ3n) is 6.78. The first-order valence-electron chi connectivity index (χ1n) is 12.1. The second-order valence-corrected chi connectivity index (χ2v) is 9.21. The van der Waals surface area contributed by atoms with Crippen molar-refractivity contribution in [2.24, 2.45) is 0 Å². The third-order valence-corrected chi connectivity index (χ3v) is 6.78. The number of hydrogen-bond acceptors (Lipinski definition) is 6. The molecule has 2 heterocycles. The number of halogens is 1. The van der Waals surface area contributed by atoms with Gasteiger partial charge in [-0.3, -0.25) is 9.59 Å². The van der Waals surface area contributed by atoms with Crippen LogP contribution in [0.1, 0.15) is 56.4 Å². The summed E-state index contributed by atoms with van der Waals surface area (Å²) in [5.41, 5.74) is 0.335. The molecule has 1 saturated heterocycles. The molecule has 1 saturated carbocycles. The number of ether oxygens (including phenoxy) is 1. The van der Waals surface area contributed by atoms with Crippen molar-refractivity contribution >= 4 is 28.5 Å². The maximum absolute atomic E-state index is 15.2. The highest BCUT2D eigenvalue weighted by Crippen LogP contribution is 2.38. The average Bonchev–Trinajstić information content (AvgIpc) is 3.68. The van der Waals surface area contributed by atoms with E-state index in [2.05, 4.69) is 17.1 Å². The zero-order valence-corrected chi connectivity index (χ0v) is 20.1. The fourth-order valence-corrected chi connectivity index (χ4v) is 4.33. The van der Waals surface area contributed by atoms with Gasteiger partial charge in [-0.15, -0.1) is 0 Å². The summed E-state index contributed by atoms with van der Waals surface area (Å²) in [6.07, 6.45) is 4.10. The summed E-state index contributed by atoms with van der Waals surface area (Å²) in [5.74, 6) is -1.78. The van der Waals surface area contributed by atoms with Crippen LogP contribution in [0.5, 0.6) is 0 Å². The highest BCUT2D eigenvalue weighted by Gasteiger charge is 2.29. The Morgan fingerprint density at radius 3 is 2.50 bits per heavy atom. The molecule has 2 fully saturated rings. The minimum Gasteiger partial charge on any atom is -0.452 e. The van der Waals surface area contributed by atoms with Crippen molar-refractivity contribution in [3.05, 3.63) is 39.9 Å². The lowest BCUT2D eigenvalue weighted by Gasteiger charge is -2.35. The van der Waals surface area contributed by atoms with Crippen molar-refractivity contribution in [2.75, 3.05) is 44.2 Å². The fourth-order valence-electron chi connectivity index (χ4n) is 4.33. The largest absolute Gasteiger partial charge is 0.452 e. The van der Waals surface area contributed by atoms with Crippen molar-refractivity contribution in [3.63, 3.8) is 0 Å². The first-order valence-corrected chi connectivity index (χ1v) is 12.1. The number of carbonyl (C=O) groups excluding carboxylic acids is 2.